The Morgan fingerprint density at radius 1 is 1.29 bits per heavy atom. The molecular weight excluding hydrogens is 306 g/mol. The van der Waals surface area contributed by atoms with Crippen molar-refractivity contribution in [1.29, 1.82) is 0 Å². The Balaban J connectivity index is 2.03. The predicted molar refractivity (Wildman–Crippen MR) is 90.7 cm³/mol. The number of nitrogens with zero attached hydrogens (tertiary/aromatic N) is 2. The van der Waals surface area contributed by atoms with Gasteiger partial charge < -0.3 is 15.5 Å². The molecule has 0 radical (unpaired) electrons. The minimum atomic E-state index is -0.544. The second-order valence-electron chi connectivity index (χ2n) is 6.69. The highest BCUT2D eigenvalue weighted by molar-refractivity contribution is 5.91. The van der Waals surface area contributed by atoms with Gasteiger partial charge in [0.2, 0.25) is 17.7 Å². The topological polar surface area (TPSA) is 83.7 Å². The van der Waals surface area contributed by atoms with E-state index in [1.807, 2.05) is 45.0 Å². The lowest BCUT2D eigenvalue weighted by Gasteiger charge is -2.28. The van der Waals surface area contributed by atoms with E-state index >= 15 is 0 Å². The van der Waals surface area contributed by atoms with Crippen LogP contribution in [0.15, 0.2) is 24.3 Å². The molecule has 1 atom stereocenters. The molecule has 6 nitrogen and oxygen atoms in total. The lowest BCUT2D eigenvalue weighted by Crippen LogP contribution is -2.46. The van der Waals surface area contributed by atoms with Crippen LogP contribution in [0.4, 0.5) is 0 Å². The summed E-state index contributed by atoms with van der Waals surface area (Å²) in [5.41, 5.74) is 7.43. The first-order valence-electron chi connectivity index (χ1n) is 8.20. The normalized spacial score (nSPS) is 17.4. The number of carbonyl (C=O) groups excluding carboxylic acids is 3. The summed E-state index contributed by atoms with van der Waals surface area (Å²) in [6.07, 6.45) is 0.187. The van der Waals surface area contributed by atoms with Gasteiger partial charge in [-0.3, -0.25) is 14.4 Å². The van der Waals surface area contributed by atoms with Gasteiger partial charge in [0.15, 0.2) is 0 Å². The Kier molecular flexibility index (Phi) is 5.59. The molecule has 0 aliphatic carbocycles. The Bertz CT molecular complexity index is 625. The van der Waals surface area contributed by atoms with Crippen molar-refractivity contribution in [3.63, 3.8) is 0 Å². The summed E-state index contributed by atoms with van der Waals surface area (Å²) in [6, 6.07) is 7.86. The first kappa shape index (κ1) is 18.0. The standard InChI is InChI=1S/C18H25N3O3/c1-12(2)21(11-16(19)22)18(24)15-8-17(23)20(10-15)9-14-6-4-13(3)5-7-14/h4-7,12,15H,8-11H2,1-3H3,(H2,19,22). The van der Waals surface area contributed by atoms with Gasteiger partial charge in [0.05, 0.1) is 12.5 Å². The van der Waals surface area contributed by atoms with E-state index in [-0.39, 0.29) is 30.8 Å². The van der Waals surface area contributed by atoms with E-state index in [0.29, 0.717) is 13.1 Å². The molecule has 3 amide bonds. The molecule has 1 aromatic rings. The quantitative estimate of drug-likeness (QED) is 0.846. The fraction of sp³-hybridized carbons (Fsp3) is 0.500. The molecule has 1 saturated heterocycles. The third-order valence-corrected chi connectivity index (χ3v) is 4.29. The van der Waals surface area contributed by atoms with Crippen LogP contribution >= 0.6 is 0 Å². The maximum atomic E-state index is 12.6. The fourth-order valence-electron chi connectivity index (χ4n) is 2.92. The molecule has 6 heteroatoms. The van der Waals surface area contributed by atoms with Crippen LogP contribution in [0.5, 0.6) is 0 Å². The van der Waals surface area contributed by atoms with Crippen LogP contribution in [-0.4, -0.2) is 46.7 Å². The summed E-state index contributed by atoms with van der Waals surface area (Å²) in [6.45, 7) is 6.45. The summed E-state index contributed by atoms with van der Waals surface area (Å²) in [7, 11) is 0. The van der Waals surface area contributed by atoms with Crippen LogP contribution < -0.4 is 5.73 Å². The summed E-state index contributed by atoms with van der Waals surface area (Å²) in [5, 5.41) is 0. The Morgan fingerprint density at radius 3 is 2.46 bits per heavy atom. The van der Waals surface area contributed by atoms with Gasteiger partial charge in [-0.2, -0.15) is 0 Å². The third-order valence-electron chi connectivity index (χ3n) is 4.29. The van der Waals surface area contributed by atoms with Crippen LogP contribution in [0.1, 0.15) is 31.4 Å². The van der Waals surface area contributed by atoms with Crippen molar-refractivity contribution in [2.45, 2.75) is 39.8 Å². The fourth-order valence-corrected chi connectivity index (χ4v) is 2.92. The highest BCUT2D eigenvalue weighted by Crippen LogP contribution is 2.23. The van der Waals surface area contributed by atoms with Crippen LogP contribution in [0.3, 0.4) is 0 Å². The van der Waals surface area contributed by atoms with E-state index in [2.05, 4.69) is 0 Å². The summed E-state index contributed by atoms with van der Waals surface area (Å²) >= 11 is 0. The SMILES string of the molecule is Cc1ccc(CN2CC(C(=O)N(CC(N)=O)C(C)C)CC2=O)cc1. The van der Waals surface area contributed by atoms with Crippen molar-refractivity contribution in [1.82, 2.24) is 9.80 Å². The Labute approximate surface area is 142 Å². The molecule has 1 heterocycles. The molecule has 2 rings (SSSR count). The number of likely N-dealkylation sites (tertiary alicyclic amines) is 1. The summed E-state index contributed by atoms with van der Waals surface area (Å²) in [4.78, 5) is 39.2. The number of primary amides is 1. The van der Waals surface area contributed by atoms with E-state index in [1.54, 1.807) is 4.90 Å². The van der Waals surface area contributed by atoms with Crippen LogP contribution in [0.25, 0.3) is 0 Å². The summed E-state index contributed by atoms with van der Waals surface area (Å²) < 4.78 is 0. The molecule has 2 N–H and O–H groups in total. The Morgan fingerprint density at radius 2 is 1.92 bits per heavy atom. The van der Waals surface area contributed by atoms with Gasteiger partial charge in [0, 0.05) is 25.6 Å². The van der Waals surface area contributed by atoms with E-state index in [0.717, 1.165) is 5.56 Å². The average Bonchev–Trinajstić information content (AvgIpc) is 2.87. The van der Waals surface area contributed by atoms with E-state index in [9.17, 15) is 14.4 Å². The Hall–Kier alpha value is -2.37. The molecule has 1 unspecified atom stereocenters. The van der Waals surface area contributed by atoms with Gasteiger partial charge >= 0.3 is 0 Å². The number of carbonyl (C=O) groups is 3. The highest BCUT2D eigenvalue weighted by atomic mass is 16.2. The molecule has 1 aromatic carbocycles. The minimum absolute atomic E-state index is 0.0308. The van der Waals surface area contributed by atoms with Crippen LogP contribution in [-0.2, 0) is 20.9 Å². The molecule has 0 bridgehead atoms. The molecule has 0 aromatic heterocycles. The maximum Gasteiger partial charge on any atom is 0.237 e. The van der Waals surface area contributed by atoms with Crippen molar-refractivity contribution in [3.05, 3.63) is 35.4 Å². The molecule has 1 fully saturated rings. The number of amides is 3. The maximum absolute atomic E-state index is 12.6. The van der Waals surface area contributed by atoms with Crippen molar-refractivity contribution in [2.24, 2.45) is 11.7 Å². The largest absolute Gasteiger partial charge is 0.368 e. The number of benzene rings is 1. The van der Waals surface area contributed by atoms with Crippen molar-refractivity contribution >= 4 is 17.7 Å². The monoisotopic (exact) mass is 331 g/mol. The van der Waals surface area contributed by atoms with E-state index < -0.39 is 11.8 Å². The zero-order valence-corrected chi connectivity index (χ0v) is 14.5. The number of aryl methyl sites for hydroxylation is 1. The van der Waals surface area contributed by atoms with Crippen molar-refractivity contribution in [3.8, 4) is 0 Å². The van der Waals surface area contributed by atoms with Gasteiger partial charge in [-0.1, -0.05) is 29.8 Å². The zero-order chi connectivity index (χ0) is 17.9. The first-order chi connectivity index (χ1) is 11.3. The van der Waals surface area contributed by atoms with Gasteiger partial charge in [-0.05, 0) is 26.3 Å². The number of hydrogen-bond donors (Lipinski definition) is 1. The zero-order valence-electron chi connectivity index (χ0n) is 14.5. The second-order valence-corrected chi connectivity index (χ2v) is 6.69. The lowest BCUT2D eigenvalue weighted by molar-refractivity contribution is -0.140. The molecule has 0 spiro atoms. The smallest absolute Gasteiger partial charge is 0.237 e. The summed E-state index contributed by atoms with van der Waals surface area (Å²) in [5.74, 6) is -1.16. The number of rotatable bonds is 6. The van der Waals surface area contributed by atoms with E-state index in [4.69, 9.17) is 5.73 Å². The van der Waals surface area contributed by atoms with Gasteiger partial charge in [0.25, 0.3) is 0 Å². The minimum Gasteiger partial charge on any atom is -0.368 e. The van der Waals surface area contributed by atoms with Gasteiger partial charge in [0.1, 0.15) is 0 Å². The number of nitrogens with two attached hydrogens (primary N) is 1. The highest BCUT2D eigenvalue weighted by Gasteiger charge is 2.37. The third kappa shape index (κ3) is 4.34. The second kappa shape index (κ2) is 7.47. The molecule has 1 aliphatic rings. The van der Waals surface area contributed by atoms with Gasteiger partial charge in [-0.25, -0.2) is 0 Å². The van der Waals surface area contributed by atoms with Gasteiger partial charge in [-0.15, -0.1) is 0 Å². The van der Waals surface area contributed by atoms with Crippen molar-refractivity contribution < 1.29 is 14.4 Å². The van der Waals surface area contributed by atoms with Crippen molar-refractivity contribution in [2.75, 3.05) is 13.1 Å². The van der Waals surface area contributed by atoms with E-state index in [1.165, 1.54) is 10.5 Å². The lowest BCUT2D eigenvalue weighted by atomic mass is 10.1. The molecular formula is C18H25N3O3. The molecule has 24 heavy (non-hydrogen) atoms. The van der Waals surface area contributed by atoms with Crippen LogP contribution in [0.2, 0.25) is 0 Å². The first-order valence-corrected chi connectivity index (χ1v) is 8.20. The number of hydrogen-bond acceptors (Lipinski definition) is 3. The predicted octanol–water partition coefficient (Wildman–Crippen LogP) is 1.07. The molecule has 0 saturated carbocycles. The average molecular weight is 331 g/mol. The molecule has 130 valence electrons. The van der Waals surface area contributed by atoms with Crippen LogP contribution in [0, 0.1) is 12.8 Å². The molecule has 1 aliphatic heterocycles.